The summed E-state index contributed by atoms with van der Waals surface area (Å²) in [4.78, 5) is 4.38. The van der Waals surface area contributed by atoms with Crippen molar-refractivity contribution in [2.75, 3.05) is 13.7 Å². The van der Waals surface area contributed by atoms with E-state index in [1.807, 2.05) is 26.4 Å². The van der Waals surface area contributed by atoms with Crippen LogP contribution < -0.4 is 5.32 Å². The predicted octanol–water partition coefficient (Wildman–Crippen LogP) is 1.59. The second-order valence-corrected chi connectivity index (χ2v) is 3.50. The fraction of sp³-hybridized carbons (Fsp3) is 0.727. The first-order valence-corrected chi connectivity index (χ1v) is 5.54. The normalized spacial score (nSPS) is 15.2. The van der Waals surface area contributed by atoms with Crippen LogP contribution in [0.25, 0.3) is 0 Å². The van der Waals surface area contributed by atoms with Gasteiger partial charge in [-0.3, -0.25) is 0 Å². The van der Waals surface area contributed by atoms with Gasteiger partial charge in [-0.25, -0.2) is 4.98 Å². The Morgan fingerprint density at radius 1 is 1.53 bits per heavy atom. The first-order valence-electron chi connectivity index (χ1n) is 5.54. The molecule has 0 aromatic carbocycles. The van der Waals surface area contributed by atoms with Crippen LogP contribution in [0.2, 0.25) is 0 Å². The maximum atomic E-state index is 5.60. The smallest absolute Gasteiger partial charge is 0.128 e. The van der Waals surface area contributed by atoms with Gasteiger partial charge >= 0.3 is 0 Å². The molecule has 4 heteroatoms. The maximum absolute atomic E-state index is 5.60. The van der Waals surface area contributed by atoms with Crippen molar-refractivity contribution in [2.45, 2.75) is 39.5 Å². The molecule has 0 aliphatic rings. The van der Waals surface area contributed by atoms with Crippen molar-refractivity contribution in [2.24, 2.45) is 0 Å². The largest absolute Gasteiger partial charge is 0.377 e. The summed E-state index contributed by atoms with van der Waals surface area (Å²) in [6.07, 6.45) is 3.97. The molecule has 1 aromatic heterocycles. The van der Waals surface area contributed by atoms with E-state index in [4.69, 9.17) is 4.74 Å². The summed E-state index contributed by atoms with van der Waals surface area (Å²) >= 11 is 0. The topological polar surface area (TPSA) is 39.1 Å². The van der Waals surface area contributed by atoms with Gasteiger partial charge in [0.05, 0.1) is 12.1 Å². The Hall–Kier alpha value is -0.870. The molecular weight excluding hydrogens is 190 g/mol. The van der Waals surface area contributed by atoms with E-state index in [-0.39, 0.29) is 12.1 Å². The number of aromatic nitrogens is 2. The maximum Gasteiger partial charge on any atom is 0.128 e. The fourth-order valence-corrected chi connectivity index (χ4v) is 1.80. The predicted molar refractivity (Wildman–Crippen MR) is 60.8 cm³/mol. The molecule has 1 aromatic rings. The molecule has 2 atom stereocenters. The van der Waals surface area contributed by atoms with E-state index < -0.39 is 0 Å². The lowest BCUT2D eigenvalue weighted by Gasteiger charge is -2.23. The van der Waals surface area contributed by atoms with Gasteiger partial charge in [0.1, 0.15) is 5.82 Å². The number of hydrogen-bond acceptors (Lipinski definition) is 3. The summed E-state index contributed by atoms with van der Waals surface area (Å²) in [5, 5.41) is 3.26. The van der Waals surface area contributed by atoms with Gasteiger partial charge in [0.15, 0.2) is 0 Å². The molecule has 15 heavy (non-hydrogen) atoms. The minimum atomic E-state index is 0.132. The highest BCUT2D eigenvalue weighted by molar-refractivity contribution is 5.01. The Kier molecular flexibility index (Phi) is 4.78. The minimum Gasteiger partial charge on any atom is -0.377 e. The van der Waals surface area contributed by atoms with Gasteiger partial charge in [-0.2, -0.15) is 0 Å². The lowest BCUT2D eigenvalue weighted by Crippen LogP contribution is -2.32. The monoisotopic (exact) mass is 211 g/mol. The summed E-state index contributed by atoms with van der Waals surface area (Å²) in [5.41, 5.74) is 0. The van der Waals surface area contributed by atoms with Gasteiger partial charge in [0.25, 0.3) is 0 Å². The van der Waals surface area contributed by atoms with Crippen LogP contribution >= 0.6 is 0 Å². The molecule has 0 aliphatic carbocycles. The molecule has 0 spiro atoms. The number of nitrogens with one attached hydrogen (secondary N) is 1. The Bertz CT molecular complexity index is 285. The van der Waals surface area contributed by atoms with Crippen LogP contribution in [0.1, 0.15) is 32.6 Å². The average Bonchev–Trinajstić information content (AvgIpc) is 2.67. The highest BCUT2D eigenvalue weighted by Gasteiger charge is 2.21. The van der Waals surface area contributed by atoms with Crippen LogP contribution in [-0.2, 0) is 11.3 Å². The lowest BCUT2D eigenvalue weighted by molar-refractivity contribution is 0.0461. The van der Waals surface area contributed by atoms with E-state index in [1.54, 1.807) is 0 Å². The number of hydrogen-bond donors (Lipinski definition) is 1. The molecule has 1 rings (SSSR count). The van der Waals surface area contributed by atoms with Gasteiger partial charge in [-0.1, -0.05) is 0 Å². The number of nitrogens with zero attached hydrogens (tertiary/aromatic N) is 2. The first-order chi connectivity index (χ1) is 7.24. The zero-order chi connectivity index (χ0) is 11.3. The van der Waals surface area contributed by atoms with E-state index in [2.05, 4.69) is 28.7 Å². The van der Waals surface area contributed by atoms with Gasteiger partial charge < -0.3 is 14.6 Å². The third kappa shape index (κ3) is 2.79. The quantitative estimate of drug-likeness (QED) is 0.776. The van der Waals surface area contributed by atoms with Gasteiger partial charge in [-0.05, 0) is 27.8 Å². The zero-order valence-electron chi connectivity index (χ0n) is 10.0. The van der Waals surface area contributed by atoms with Crippen molar-refractivity contribution in [3.8, 4) is 0 Å². The highest BCUT2D eigenvalue weighted by Crippen LogP contribution is 2.17. The lowest BCUT2D eigenvalue weighted by atomic mass is 10.1. The highest BCUT2D eigenvalue weighted by atomic mass is 16.5. The van der Waals surface area contributed by atoms with E-state index in [1.165, 1.54) is 0 Å². The van der Waals surface area contributed by atoms with Crippen LogP contribution in [0, 0.1) is 0 Å². The van der Waals surface area contributed by atoms with Crippen LogP contribution in [0.5, 0.6) is 0 Å². The van der Waals surface area contributed by atoms with Crippen molar-refractivity contribution in [3.63, 3.8) is 0 Å². The molecule has 2 unspecified atom stereocenters. The molecule has 86 valence electrons. The van der Waals surface area contributed by atoms with Crippen molar-refractivity contribution in [1.82, 2.24) is 14.9 Å². The molecular formula is C11H21N3O. The molecule has 0 bridgehead atoms. The molecule has 0 saturated carbocycles. The Labute approximate surface area is 91.7 Å². The molecule has 0 saturated heterocycles. The molecule has 0 radical (unpaired) electrons. The van der Waals surface area contributed by atoms with E-state index >= 15 is 0 Å². The van der Waals surface area contributed by atoms with Crippen LogP contribution in [0.4, 0.5) is 0 Å². The summed E-state index contributed by atoms with van der Waals surface area (Å²) in [6, 6.07) is 0.153. The van der Waals surface area contributed by atoms with Crippen molar-refractivity contribution >= 4 is 0 Å². The van der Waals surface area contributed by atoms with E-state index in [9.17, 15) is 0 Å². The first kappa shape index (κ1) is 12.2. The Balaban J connectivity index is 2.81. The minimum absolute atomic E-state index is 0.132. The van der Waals surface area contributed by atoms with Gasteiger partial charge in [-0.15, -0.1) is 0 Å². The Morgan fingerprint density at radius 2 is 2.27 bits per heavy atom. The number of rotatable bonds is 6. The van der Waals surface area contributed by atoms with Crippen molar-refractivity contribution in [3.05, 3.63) is 18.2 Å². The van der Waals surface area contributed by atoms with Gasteiger partial charge in [0, 0.05) is 25.5 Å². The number of ether oxygens (including phenoxy) is 1. The van der Waals surface area contributed by atoms with Crippen LogP contribution in [0.3, 0.4) is 0 Å². The molecule has 1 heterocycles. The Morgan fingerprint density at radius 3 is 2.80 bits per heavy atom. The van der Waals surface area contributed by atoms with Crippen LogP contribution in [-0.4, -0.2) is 29.3 Å². The molecule has 0 amide bonds. The average molecular weight is 211 g/mol. The molecule has 0 aliphatic heterocycles. The second-order valence-electron chi connectivity index (χ2n) is 3.50. The molecule has 0 fully saturated rings. The zero-order valence-corrected chi connectivity index (χ0v) is 10.0. The summed E-state index contributed by atoms with van der Waals surface area (Å²) in [5.74, 6) is 1.04. The third-order valence-electron chi connectivity index (χ3n) is 2.58. The van der Waals surface area contributed by atoms with Gasteiger partial charge in [0.2, 0.25) is 0 Å². The summed E-state index contributed by atoms with van der Waals surface area (Å²) in [7, 11) is 1.94. The fourth-order valence-electron chi connectivity index (χ4n) is 1.80. The SMILES string of the molecule is CCOC(C)C(NC)c1nccn1CC. The standard InChI is InChI=1S/C11H21N3O/c1-5-14-8-7-13-11(14)10(12-4)9(3)15-6-2/h7-10,12H,5-6H2,1-4H3. The summed E-state index contributed by atoms with van der Waals surface area (Å²) in [6.45, 7) is 7.86. The number of aryl methyl sites for hydroxylation is 1. The molecule has 1 N–H and O–H groups in total. The van der Waals surface area contributed by atoms with E-state index in [0.29, 0.717) is 0 Å². The second kappa shape index (κ2) is 5.88. The van der Waals surface area contributed by atoms with E-state index in [0.717, 1.165) is 19.0 Å². The summed E-state index contributed by atoms with van der Waals surface area (Å²) < 4.78 is 7.74. The number of imidazole rings is 1. The number of likely N-dealkylation sites (N-methyl/N-ethyl adjacent to an activating group) is 1. The molecule has 4 nitrogen and oxygen atoms in total. The van der Waals surface area contributed by atoms with Crippen molar-refractivity contribution < 1.29 is 4.74 Å². The van der Waals surface area contributed by atoms with Crippen LogP contribution in [0.15, 0.2) is 12.4 Å². The third-order valence-corrected chi connectivity index (χ3v) is 2.58. The van der Waals surface area contributed by atoms with Crippen molar-refractivity contribution in [1.29, 1.82) is 0 Å².